The van der Waals surface area contributed by atoms with Gasteiger partial charge in [0, 0.05) is 20.2 Å². The molecular weight excluding hydrogens is 184 g/mol. The summed E-state index contributed by atoms with van der Waals surface area (Å²) in [4.78, 5) is 16.7. The second kappa shape index (κ2) is 4.45. The van der Waals surface area contributed by atoms with Crippen LogP contribution >= 0.6 is 0 Å². The summed E-state index contributed by atoms with van der Waals surface area (Å²) in [6, 6.07) is 3.13. The van der Waals surface area contributed by atoms with Crippen molar-refractivity contribution in [3.05, 3.63) is 17.9 Å². The van der Waals surface area contributed by atoms with E-state index in [1.165, 1.54) is 13.2 Å². The molecule has 0 aliphatic carbocycles. The first-order valence-corrected chi connectivity index (χ1v) is 4.02. The first-order valence-electron chi connectivity index (χ1n) is 4.02. The van der Waals surface area contributed by atoms with E-state index in [2.05, 4.69) is 9.73 Å². The van der Waals surface area contributed by atoms with Crippen LogP contribution in [-0.4, -0.2) is 38.4 Å². The van der Waals surface area contributed by atoms with Crippen molar-refractivity contribution in [3.8, 4) is 0 Å². The van der Waals surface area contributed by atoms with Crippen molar-refractivity contribution >= 4 is 18.2 Å². The van der Waals surface area contributed by atoms with Crippen LogP contribution in [0, 0.1) is 0 Å². The van der Waals surface area contributed by atoms with Crippen LogP contribution in [0.4, 0.5) is 5.88 Å². The maximum Gasteiger partial charge on any atom is 0.374 e. The van der Waals surface area contributed by atoms with Gasteiger partial charge in [-0.2, -0.15) is 0 Å². The monoisotopic (exact) mass is 196 g/mol. The predicted molar refractivity (Wildman–Crippen MR) is 51.9 cm³/mol. The molecule has 0 aliphatic rings. The van der Waals surface area contributed by atoms with Gasteiger partial charge in [0.2, 0.25) is 11.6 Å². The maximum absolute atomic E-state index is 11.0. The highest BCUT2D eigenvalue weighted by atomic mass is 16.5. The number of nitrogens with zero attached hydrogens (tertiary/aromatic N) is 2. The fraction of sp³-hybridized carbons (Fsp3) is 0.333. The summed E-state index contributed by atoms with van der Waals surface area (Å²) in [6.07, 6.45) is 1.58. The average molecular weight is 196 g/mol. The summed E-state index contributed by atoms with van der Waals surface area (Å²) in [5.41, 5.74) is 0. The Morgan fingerprint density at radius 1 is 1.57 bits per heavy atom. The predicted octanol–water partition coefficient (Wildman–Crippen LogP) is 1.29. The van der Waals surface area contributed by atoms with Crippen LogP contribution in [0.15, 0.2) is 21.5 Å². The Hall–Kier alpha value is -1.78. The summed E-state index contributed by atoms with van der Waals surface area (Å²) in [7, 11) is 4.98. The molecule has 0 unspecified atom stereocenters. The Labute approximate surface area is 82.0 Å². The topological polar surface area (TPSA) is 55.0 Å². The highest BCUT2D eigenvalue weighted by molar-refractivity contribution is 5.86. The Kier molecular flexibility index (Phi) is 3.28. The molecule has 76 valence electrons. The molecule has 0 bridgehead atoms. The quantitative estimate of drug-likeness (QED) is 0.415. The van der Waals surface area contributed by atoms with Crippen LogP contribution in [0.1, 0.15) is 10.6 Å². The van der Waals surface area contributed by atoms with E-state index in [-0.39, 0.29) is 5.76 Å². The average Bonchev–Trinajstić information content (AvgIpc) is 2.62. The summed E-state index contributed by atoms with van der Waals surface area (Å²) >= 11 is 0. The Bertz CT molecular complexity index is 342. The van der Waals surface area contributed by atoms with Crippen LogP contribution in [0.3, 0.4) is 0 Å². The lowest BCUT2D eigenvalue weighted by Gasteiger charge is -2.00. The molecule has 0 aromatic carbocycles. The molecular formula is C9H12N2O3. The highest BCUT2D eigenvalue weighted by Crippen LogP contribution is 2.16. The summed E-state index contributed by atoms with van der Waals surface area (Å²) < 4.78 is 9.57. The van der Waals surface area contributed by atoms with Crippen LogP contribution in [0.5, 0.6) is 0 Å². The van der Waals surface area contributed by atoms with Gasteiger partial charge < -0.3 is 14.1 Å². The van der Waals surface area contributed by atoms with E-state index in [4.69, 9.17) is 4.42 Å². The van der Waals surface area contributed by atoms with E-state index in [0.29, 0.717) is 5.88 Å². The van der Waals surface area contributed by atoms with Crippen LogP contribution in [0.2, 0.25) is 0 Å². The largest absolute Gasteiger partial charge is 0.463 e. The van der Waals surface area contributed by atoms with Gasteiger partial charge in [0.1, 0.15) is 0 Å². The molecule has 1 aromatic heterocycles. The molecule has 5 heteroatoms. The molecule has 0 aliphatic heterocycles. The molecule has 1 rings (SSSR count). The molecule has 0 amide bonds. The third kappa shape index (κ3) is 2.62. The van der Waals surface area contributed by atoms with Crippen molar-refractivity contribution in [2.24, 2.45) is 4.99 Å². The van der Waals surface area contributed by atoms with Crippen molar-refractivity contribution < 1.29 is 13.9 Å². The van der Waals surface area contributed by atoms with Crippen LogP contribution < -0.4 is 0 Å². The number of carbonyl (C=O) groups excluding carboxylic acids is 1. The second-order valence-electron chi connectivity index (χ2n) is 2.84. The van der Waals surface area contributed by atoms with E-state index in [1.807, 2.05) is 14.1 Å². The number of rotatable bonds is 3. The summed E-state index contributed by atoms with van der Waals surface area (Å²) in [6.45, 7) is 0. The number of carbonyl (C=O) groups is 1. The molecule has 0 fully saturated rings. The number of furan rings is 1. The normalized spacial score (nSPS) is 10.5. The van der Waals surface area contributed by atoms with Crippen molar-refractivity contribution in [2.45, 2.75) is 0 Å². The molecule has 14 heavy (non-hydrogen) atoms. The van der Waals surface area contributed by atoms with E-state index in [0.717, 1.165) is 0 Å². The number of methoxy groups -OCH3 is 1. The standard InChI is InChI=1S/C9H12N2O3/c1-11(2)6-10-8-5-4-7(14-8)9(12)13-3/h4-6H,1-3H3. The fourth-order valence-corrected chi connectivity index (χ4v) is 0.780. The van der Waals surface area contributed by atoms with Gasteiger partial charge in [-0.1, -0.05) is 0 Å². The van der Waals surface area contributed by atoms with Gasteiger partial charge >= 0.3 is 5.97 Å². The fourth-order valence-electron chi connectivity index (χ4n) is 0.780. The Morgan fingerprint density at radius 2 is 2.29 bits per heavy atom. The smallest absolute Gasteiger partial charge is 0.374 e. The van der Waals surface area contributed by atoms with Crippen molar-refractivity contribution in [2.75, 3.05) is 21.2 Å². The number of hydrogen-bond acceptors (Lipinski definition) is 4. The molecule has 0 radical (unpaired) electrons. The van der Waals surface area contributed by atoms with E-state index >= 15 is 0 Å². The summed E-state index contributed by atoms with van der Waals surface area (Å²) in [5, 5.41) is 0. The molecule has 0 atom stereocenters. The van der Waals surface area contributed by atoms with Gasteiger partial charge in [0.15, 0.2) is 0 Å². The number of hydrogen-bond donors (Lipinski definition) is 0. The van der Waals surface area contributed by atoms with Crippen LogP contribution in [0.25, 0.3) is 0 Å². The van der Waals surface area contributed by atoms with E-state index < -0.39 is 5.97 Å². The number of aliphatic imine (C=N–C) groups is 1. The third-order valence-electron chi connectivity index (χ3n) is 1.39. The first-order chi connectivity index (χ1) is 6.63. The van der Waals surface area contributed by atoms with E-state index in [1.54, 1.807) is 17.3 Å². The zero-order valence-corrected chi connectivity index (χ0v) is 8.35. The lowest BCUT2D eigenvalue weighted by Crippen LogP contribution is -2.06. The minimum absolute atomic E-state index is 0.151. The van der Waals surface area contributed by atoms with Crippen molar-refractivity contribution in [1.82, 2.24) is 4.90 Å². The lowest BCUT2D eigenvalue weighted by atomic mass is 10.5. The first kappa shape index (κ1) is 10.3. The number of esters is 1. The molecule has 0 saturated carbocycles. The number of ether oxygens (including phenoxy) is 1. The zero-order chi connectivity index (χ0) is 10.6. The van der Waals surface area contributed by atoms with Gasteiger partial charge in [-0.15, -0.1) is 0 Å². The highest BCUT2D eigenvalue weighted by Gasteiger charge is 2.09. The van der Waals surface area contributed by atoms with E-state index in [9.17, 15) is 4.79 Å². The molecule has 1 aromatic rings. The molecule has 1 heterocycles. The zero-order valence-electron chi connectivity index (χ0n) is 8.35. The van der Waals surface area contributed by atoms with Crippen molar-refractivity contribution in [3.63, 3.8) is 0 Å². The Morgan fingerprint density at radius 3 is 2.86 bits per heavy atom. The van der Waals surface area contributed by atoms with Crippen molar-refractivity contribution in [1.29, 1.82) is 0 Å². The molecule has 0 spiro atoms. The van der Waals surface area contributed by atoms with Gasteiger partial charge in [-0.3, -0.25) is 0 Å². The minimum Gasteiger partial charge on any atom is -0.463 e. The van der Waals surface area contributed by atoms with Gasteiger partial charge in [-0.05, 0) is 6.07 Å². The maximum atomic E-state index is 11.0. The van der Waals surface area contributed by atoms with Gasteiger partial charge in [-0.25, -0.2) is 9.79 Å². The van der Waals surface area contributed by atoms with Crippen LogP contribution in [-0.2, 0) is 4.74 Å². The second-order valence-corrected chi connectivity index (χ2v) is 2.84. The molecule has 0 N–H and O–H groups in total. The molecule has 0 saturated heterocycles. The minimum atomic E-state index is -0.503. The Balaban J connectivity index is 2.73. The molecule has 5 nitrogen and oxygen atoms in total. The van der Waals surface area contributed by atoms with Gasteiger partial charge in [0.05, 0.1) is 13.4 Å². The summed E-state index contributed by atoms with van der Waals surface area (Å²) in [5.74, 6) is 0.0220. The lowest BCUT2D eigenvalue weighted by molar-refractivity contribution is 0.0566. The third-order valence-corrected chi connectivity index (χ3v) is 1.39. The SMILES string of the molecule is COC(=O)c1ccc(N=CN(C)C)o1. The van der Waals surface area contributed by atoms with Gasteiger partial charge in [0.25, 0.3) is 0 Å².